The Kier molecular flexibility index (Phi) is 8.21. The standard InChI is InChI=1S/C21H37NO2/c1-7-9-10-16(8-2)19(23)14-22-20(24)18-13-21(5,6)12-11-17(18)15(3)4/h7,9-10,15,17-19,23H,8,11-14H2,1-6H3,(H,22,24)/b9-7-,16-10+/t17?,18?,19-/m1/s1. The van der Waals surface area contributed by atoms with Crippen molar-refractivity contribution in [2.24, 2.45) is 23.2 Å². The molecule has 3 atom stereocenters. The smallest absolute Gasteiger partial charge is 0.223 e. The molecule has 2 N–H and O–H groups in total. The maximum atomic E-state index is 12.8. The van der Waals surface area contributed by atoms with Crippen LogP contribution in [0.5, 0.6) is 0 Å². The van der Waals surface area contributed by atoms with Crippen molar-refractivity contribution in [3.8, 4) is 0 Å². The average molecular weight is 336 g/mol. The number of amides is 1. The Labute approximate surface area is 148 Å². The van der Waals surface area contributed by atoms with Gasteiger partial charge in [0.05, 0.1) is 6.10 Å². The van der Waals surface area contributed by atoms with Gasteiger partial charge in [0.15, 0.2) is 0 Å². The van der Waals surface area contributed by atoms with Gasteiger partial charge in [-0.1, -0.05) is 52.8 Å². The van der Waals surface area contributed by atoms with Gasteiger partial charge >= 0.3 is 0 Å². The Balaban J connectivity index is 2.70. The normalized spacial score (nSPS) is 25.9. The predicted octanol–water partition coefficient (Wildman–Crippen LogP) is 4.47. The first-order valence-electron chi connectivity index (χ1n) is 9.49. The zero-order valence-corrected chi connectivity index (χ0v) is 16.4. The maximum absolute atomic E-state index is 12.8. The van der Waals surface area contributed by atoms with Crippen LogP contribution in [0.1, 0.15) is 67.2 Å². The van der Waals surface area contributed by atoms with Gasteiger partial charge in [-0.25, -0.2) is 0 Å². The minimum Gasteiger partial charge on any atom is -0.387 e. The van der Waals surface area contributed by atoms with Crippen LogP contribution in [0.2, 0.25) is 0 Å². The van der Waals surface area contributed by atoms with Crippen LogP contribution in [-0.4, -0.2) is 23.7 Å². The summed E-state index contributed by atoms with van der Waals surface area (Å²) >= 11 is 0. The lowest BCUT2D eigenvalue weighted by atomic mass is 9.64. The van der Waals surface area contributed by atoms with Crippen molar-refractivity contribution in [2.75, 3.05) is 6.54 Å². The number of hydrogen-bond acceptors (Lipinski definition) is 2. The van der Waals surface area contributed by atoms with E-state index in [0.29, 0.717) is 18.4 Å². The van der Waals surface area contributed by atoms with E-state index in [2.05, 4.69) is 33.0 Å². The molecular formula is C21H37NO2. The molecular weight excluding hydrogens is 298 g/mol. The van der Waals surface area contributed by atoms with Gasteiger partial charge in [0.2, 0.25) is 5.91 Å². The number of aliphatic hydroxyl groups is 1. The van der Waals surface area contributed by atoms with Gasteiger partial charge in [0.25, 0.3) is 0 Å². The van der Waals surface area contributed by atoms with Crippen LogP contribution in [0.3, 0.4) is 0 Å². The van der Waals surface area contributed by atoms with Gasteiger partial charge in [-0.2, -0.15) is 0 Å². The van der Waals surface area contributed by atoms with Crippen molar-refractivity contribution in [3.05, 3.63) is 23.8 Å². The van der Waals surface area contributed by atoms with E-state index in [4.69, 9.17) is 0 Å². The number of carbonyl (C=O) groups is 1. The molecule has 1 amide bonds. The molecule has 1 rings (SSSR count). The summed E-state index contributed by atoms with van der Waals surface area (Å²) in [4.78, 5) is 12.8. The van der Waals surface area contributed by atoms with Gasteiger partial charge in [0, 0.05) is 12.5 Å². The summed E-state index contributed by atoms with van der Waals surface area (Å²) in [5.74, 6) is 1.13. The average Bonchev–Trinajstić information content (AvgIpc) is 2.52. The molecule has 0 bridgehead atoms. The third-order valence-electron chi connectivity index (χ3n) is 5.45. The van der Waals surface area contributed by atoms with Crippen LogP contribution in [0, 0.1) is 23.2 Å². The Morgan fingerprint density at radius 2 is 2.04 bits per heavy atom. The number of hydrogen-bond donors (Lipinski definition) is 2. The van der Waals surface area contributed by atoms with E-state index in [9.17, 15) is 9.90 Å². The molecule has 0 radical (unpaired) electrons. The van der Waals surface area contributed by atoms with E-state index in [1.807, 2.05) is 32.1 Å². The van der Waals surface area contributed by atoms with E-state index in [1.54, 1.807) is 0 Å². The molecule has 24 heavy (non-hydrogen) atoms. The summed E-state index contributed by atoms with van der Waals surface area (Å²) in [6, 6.07) is 0. The topological polar surface area (TPSA) is 49.3 Å². The van der Waals surface area contributed by atoms with Crippen LogP contribution in [0.15, 0.2) is 23.8 Å². The zero-order chi connectivity index (χ0) is 18.3. The van der Waals surface area contributed by atoms with Gasteiger partial charge in [-0.05, 0) is 55.4 Å². The van der Waals surface area contributed by atoms with E-state index in [1.165, 1.54) is 6.42 Å². The minimum atomic E-state index is -0.607. The summed E-state index contributed by atoms with van der Waals surface area (Å²) in [7, 11) is 0. The molecule has 0 aromatic rings. The highest BCUT2D eigenvalue weighted by Crippen LogP contribution is 2.44. The van der Waals surface area contributed by atoms with Gasteiger partial charge in [-0.3, -0.25) is 4.79 Å². The number of rotatable bonds is 7. The quantitative estimate of drug-likeness (QED) is 0.674. The molecule has 1 fully saturated rings. The van der Waals surface area contributed by atoms with Crippen molar-refractivity contribution in [1.29, 1.82) is 0 Å². The van der Waals surface area contributed by atoms with Crippen LogP contribution in [0.25, 0.3) is 0 Å². The molecule has 1 aliphatic rings. The largest absolute Gasteiger partial charge is 0.387 e. The molecule has 3 nitrogen and oxygen atoms in total. The number of carbonyl (C=O) groups excluding carboxylic acids is 1. The number of allylic oxidation sites excluding steroid dienone is 3. The number of aliphatic hydroxyl groups excluding tert-OH is 1. The molecule has 138 valence electrons. The summed E-state index contributed by atoms with van der Waals surface area (Å²) in [6.07, 6.45) is 9.24. The lowest BCUT2D eigenvalue weighted by molar-refractivity contribution is -0.130. The third kappa shape index (κ3) is 6.08. The molecule has 1 aliphatic carbocycles. The van der Waals surface area contributed by atoms with Crippen molar-refractivity contribution >= 4 is 5.91 Å². The van der Waals surface area contributed by atoms with Crippen molar-refractivity contribution < 1.29 is 9.90 Å². The SMILES string of the molecule is C/C=C\C=C(/CC)[C@H](O)CNC(=O)C1CC(C)(C)CCC1C(C)C. The predicted molar refractivity (Wildman–Crippen MR) is 102 cm³/mol. The molecule has 0 aromatic carbocycles. The first-order valence-corrected chi connectivity index (χ1v) is 9.49. The molecule has 0 aromatic heterocycles. The fourth-order valence-electron chi connectivity index (χ4n) is 3.84. The molecule has 1 saturated carbocycles. The van der Waals surface area contributed by atoms with Crippen LogP contribution in [0.4, 0.5) is 0 Å². The highest BCUT2D eigenvalue weighted by atomic mass is 16.3. The molecule has 3 heteroatoms. The summed E-state index contributed by atoms with van der Waals surface area (Å²) in [5, 5.41) is 13.4. The number of nitrogens with one attached hydrogen (secondary N) is 1. The first kappa shape index (κ1) is 21.0. The van der Waals surface area contributed by atoms with Crippen molar-refractivity contribution in [1.82, 2.24) is 5.32 Å². The lowest BCUT2D eigenvalue weighted by Crippen LogP contribution is -2.44. The maximum Gasteiger partial charge on any atom is 0.223 e. The highest BCUT2D eigenvalue weighted by molar-refractivity contribution is 5.79. The molecule has 0 saturated heterocycles. The van der Waals surface area contributed by atoms with E-state index >= 15 is 0 Å². The second-order valence-electron chi connectivity index (χ2n) is 8.30. The Hall–Kier alpha value is -1.09. The molecule has 0 aliphatic heterocycles. The molecule has 2 unspecified atom stereocenters. The second-order valence-corrected chi connectivity index (χ2v) is 8.30. The van der Waals surface area contributed by atoms with Crippen molar-refractivity contribution in [2.45, 2.75) is 73.3 Å². The Morgan fingerprint density at radius 3 is 2.58 bits per heavy atom. The van der Waals surface area contributed by atoms with E-state index in [0.717, 1.165) is 24.8 Å². The zero-order valence-electron chi connectivity index (χ0n) is 16.4. The van der Waals surface area contributed by atoms with E-state index < -0.39 is 6.10 Å². The first-order chi connectivity index (χ1) is 11.2. The summed E-state index contributed by atoms with van der Waals surface area (Å²) in [6.45, 7) is 13.2. The Bertz CT molecular complexity index is 462. The van der Waals surface area contributed by atoms with Crippen LogP contribution >= 0.6 is 0 Å². The Morgan fingerprint density at radius 1 is 1.38 bits per heavy atom. The highest BCUT2D eigenvalue weighted by Gasteiger charge is 2.39. The third-order valence-corrected chi connectivity index (χ3v) is 5.45. The summed E-state index contributed by atoms with van der Waals surface area (Å²) in [5.41, 5.74) is 1.18. The second kappa shape index (κ2) is 9.41. The van der Waals surface area contributed by atoms with Crippen molar-refractivity contribution in [3.63, 3.8) is 0 Å². The minimum absolute atomic E-state index is 0.0607. The van der Waals surface area contributed by atoms with Crippen LogP contribution < -0.4 is 5.32 Å². The van der Waals surface area contributed by atoms with Gasteiger partial charge in [0.1, 0.15) is 0 Å². The fourth-order valence-corrected chi connectivity index (χ4v) is 3.84. The lowest BCUT2D eigenvalue weighted by Gasteiger charge is -2.41. The fraction of sp³-hybridized carbons (Fsp3) is 0.762. The van der Waals surface area contributed by atoms with Crippen LogP contribution in [-0.2, 0) is 4.79 Å². The molecule has 0 heterocycles. The van der Waals surface area contributed by atoms with Gasteiger partial charge < -0.3 is 10.4 Å². The van der Waals surface area contributed by atoms with E-state index in [-0.39, 0.29) is 17.2 Å². The van der Waals surface area contributed by atoms with Gasteiger partial charge in [-0.15, -0.1) is 0 Å². The molecule has 0 spiro atoms. The monoisotopic (exact) mass is 335 g/mol. The summed E-state index contributed by atoms with van der Waals surface area (Å²) < 4.78 is 0.